The molecule has 0 spiro atoms. The summed E-state index contributed by atoms with van der Waals surface area (Å²) in [7, 11) is 0. The third-order valence-electron chi connectivity index (χ3n) is 2.13. The molecule has 0 rings (SSSR count). The summed E-state index contributed by atoms with van der Waals surface area (Å²) >= 11 is 0. The largest absolute Gasteiger partial charge is 0.454 e. The van der Waals surface area contributed by atoms with E-state index in [2.05, 4.69) is 0 Å². The predicted octanol–water partition coefficient (Wildman–Crippen LogP) is 1.27. The van der Waals surface area contributed by atoms with Gasteiger partial charge in [0.25, 0.3) is 0 Å². The Balaban J connectivity index is -0.000000117. The molecule has 0 aliphatic rings. The molecule has 0 fully saturated rings. The first-order valence-corrected chi connectivity index (χ1v) is 10.3. The Morgan fingerprint density at radius 1 is 0.676 bits per heavy atom. The standard InChI is InChI=1S/C8H18O5.C3H2F6O.2C3H8O.C2H6O/c9-1-3-11-5-7-13-8-6-12-4-2-10;4-1(5)2(6,10)3(7,8)9;1-3(2)4;1-2-3-4;1-2-3/h9-10H,1-8H2;1,10H;3-4H,1-2H3;4H,2-3H2,1H3;3H,2H2,1H3. The van der Waals surface area contributed by atoms with E-state index in [1.54, 1.807) is 20.8 Å². The van der Waals surface area contributed by atoms with Crippen molar-refractivity contribution in [3.05, 3.63) is 0 Å². The van der Waals surface area contributed by atoms with Crippen LogP contribution in [-0.2, 0) is 14.2 Å². The number of halogens is 6. The van der Waals surface area contributed by atoms with Crippen LogP contribution in [-0.4, -0.2) is 121 Å². The van der Waals surface area contributed by atoms with Gasteiger partial charge in [0.05, 0.1) is 52.9 Å². The normalized spacial score (nSPS) is 12.2. The molecule has 15 heteroatoms. The average molecular weight is 529 g/mol. The molecular weight excluding hydrogens is 486 g/mol. The summed E-state index contributed by atoms with van der Waals surface area (Å²) < 4.78 is 81.3. The van der Waals surface area contributed by atoms with Crippen molar-refractivity contribution < 1.29 is 71.2 Å². The smallest absolute Gasteiger partial charge is 0.397 e. The van der Waals surface area contributed by atoms with Crippen molar-refractivity contribution in [3.63, 3.8) is 0 Å². The molecule has 0 amide bonds. The highest BCUT2D eigenvalue weighted by Gasteiger charge is 2.62. The Labute approximate surface area is 196 Å². The number of ether oxygens (including phenoxy) is 3. The van der Waals surface area contributed by atoms with Gasteiger partial charge in [-0.1, -0.05) is 6.92 Å². The molecule has 0 bridgehead atoms. The van der Waals surface area contributed by atoms with Gasteiger partial charge >= 0.3 is 18.5 Å². The van der Waals surface area contributed by atoms with Gasteiger partial charge in [0, 0.05) is 19.3 Å². The molecule has 6 N–H and O–H groups in total. The molecule has 1 atom stereocenters. The lowest BCUT2D eigenvalue weighted by Gasteiger charge is -2.20. The highest BCUT2D eigenvalue weighted by atomic mass is 19.4. The molecular formula is C19H42F6O9. The zero-order valence-corrected chi connectivity index (χ0v) is 20.1. The van der Waals surface area contributed by atoms with E-state index in [9.17, 15) is 26.3 Å². The highest BCUT2D eigenvalue weighted by molar-refractivity contribution is 4.76. The van der Waals surface area contributed by atoms with Crippen LogP contribution in [0.1, 0.15) is 34.1 Å². The van der Waals surface area contributed by atoms with Crippen LogP contribution < -0.4 is 0 Å². The fourth-order valence-electron chi connectivity index (χ4n) is 0.795. The quantitative estimate of drug-likeness (QED) is 0.163. The van der Waals surface area contributed by atoms with Gasteiger partial charge in [-0.25, -0.2) is 8.78 Å². The number of alkyl halides is 6. The lowest BCUT2D eigenvalue weighted by Crippen LogP contribution is -2.47. The summed E-state index contributed by atoms with van der Waals surface area (Å²) in [6, 6.07) is 0. The first-order chi connectivity index (χ1) is 15.7. The van der Waals surface area contributed by atoms with Gasteiger partial charge in [0.15, 0.2) is 0 Å². The van der Waals surface area contributed by atoms with Crippen molar-refractivity contribution in [3.8, 4) is 0 Å². The average Bonchev–Trinajstić information content (AvgIpc) is 2.72. The van der Waals surface area contributed by atoms with Crippen LogP contribution in [0.4, 0.5) is 26.3 Å². The zero-order chi connectivity index (χ0) is 28.1. The van der Waals surface area contributed by atoms with E-state index in [-0.39, 0.29) is 25.9 Å². The Hall–Kier alpha value is -0.780. The van der Waals surface area contributed by atoms with Gasteiger partial charge in [-0.3, -0.25) is 0 Å². The van der Waals surface area contributed by atoms with Crippen LogP contribution in [0.25, 0.3) is 0 Å². The minimum absolute atomic E-state index is 0.0413. The third kappa shape index (κ3) is 44.8. The Bertz CT molecular complexity index is 336. The van der Waals surface area contributed by atoms with Crippen LogP contribution in [0.3, 0.4) is 0 Å². The summed E-state index contributed by atoms with van der Waals surface area (Å²) in [4.78, 5) is 0. The van der Waals surface area contributed by atoms with Crippen LogP contribution in [0.2, 0.25) is 0 Å². The van der Waals surface area contributed by atoms with Gasteiger partial charge in [-0.05, 0) is 27.2 Å². The molecule has 0 aliphatic carbocycles. The van der Waals surface area contributed by atoms with Gasteiger partial charge < -0.3 is 44.8 Å². The maximum atomic E-state index is 11.4. The highest BCUT2D eigenvalue weighted by Crippen LogP contribution is 2.36. The lowest BCUT2D eigenvalue weighted by molar-refractivity contribution is -0.352. The van der Waals surface area contributed by atoms with E-state index >= 15 is 0 Å². The van der Waals surface area contributed by atoms with E-state index in [1.165, 1.54) is 0 Å². The molecule has 0 radical (unpaired) electrons. The summed E-state index contributed by atoms with van der Waals surface area (Å²) in [5.74, 6) is -5.40. The first-order valence-electron chi connectivity index (χ1n) is 10.3. The molecule has 0 heterocycles. The SMILES string of the molecule is CC(C)O.CCCO.CCO.OC(F)(C(F)F)C(F)(F)F.OCCOCCOCCOCCO. The Kier molecular flexibility index (Phi) is 41.0. The van der Waals surface area contributed by atoms with E-state index in [4.69, 9.17) is 44.8 Å². The van der Waals surface area contributed by atoms with Gasteiger partial charge in [-0.2, -0.15) is 17.6 Å². The molecule has 214 valence electrons. The van der Waals surface area contributed by atoms with Crippen molar-refractivity contribution in [1.29, 1.82) is 0 Å². The predicted molar refractivity (Wildman–Crippen MR) is 112 cm³/mol. The van der Waals surface area contributed by atoms with E-state index < -0.39 is 18.5 Å². The van der Waals surface area contributed by atoms with E-state index in [0.29, 0.717) is 46.2 Å². The number of hydrogen-bond donors (Lipinski definition) is 6. The summed E-state index contributed by atoms with van der Waals surface area (Å²) in [6.45, 7) is 10.4. The topological polar surface area (TPSA) is 149 Å². The van der Waals surface area contributed by atoms with Crippen molar-refractivity contribution in [2.24, 2.45) is 0 Å². The van der Waals surface area contributed by atoms with Gasteiger partial charge in [-0.15, -0.1) is 0 Å². The van der Waals surface area contributed by atoms with Crippen LogP contribution >= 0.6 is 0 Å². The molecule has 1 unspecified atom stereocenters. The van der Waals surface area contributed by atoms with Crippen LogP contribution in [0.15, 0.2) is 0 Å². The summed E-state index contributed by atoms with van der Waals surface area (Å²) in [5, 5.41) is 47.6. The fraction of sp³-hybridized carbons (Fsp3) is 1.00. The molecule has 34 heavy (non-hydrogen) atoms. The molecule has 0 aliphatic heterocycles. The number of aliphatic hydroxyl groups excluding tert-OH is 5. The van der Waals surface area contributed by atoms with E-state index in [0.717, 1.165) is 6.42 Å². The maximum absolute atomic E-state index is 11.4. The maximum Gasteiger partial charge on any atom is 0.454 e. The van der Waals surface area contributed by atoms with Gasteiger partial charge in [0.1, 0.15) is 0 Å². The van der Waals surface area contributed by atoms with Gasteiger partial charge in [0.2, 0.25) is 0 Å². The van der Waals surface area contributed by atoms with Crippen LogP contribution in [0.5, 0.6) is 0 Å². The van der Waals surface area contributed by atoms with Crippen molar-refractivity contribution in [1.82, 2.24) is 0 Å². The second-order valence-electron chi connectivity index (χ2n) is 5.89. The summed E-state index contributed by atoms with van der Waals surface area (Å²) in [6.07, 6.45) is -9.71. The number of rotatable bonds is 12. The van der Waals surface area contributed by atoms with Crippen molar-refractivity contribution in [2.45, 2.75) is 58.7 Å². The monoisotopic (exact) mass is 528 g/mol. The second-order valence-corrected chi connectivity index (χ2v) is 5.89. The minimum Gasteiger partial charge on any atom is -0.397 e. The zero-order valence-electron chi connectivity index (χ0n) is 20.1. The number of aliphatic hydroxyl groups is 6. The molecule has 0 saturated heterocycles. The molecule has 0 aromatic heterocycles. The molecule has 9 nitrogen and oxygen atoms in total. The summed E-state index contributed by atoms with van der Waals surface area (Å²) in [5.41, 5.74) is 0. The first kappa shape index (κ1) is 43.3. The Morgan fingerprint density at radius 3 is 1.03 bits per heavy atom. The third-order valence-corrected chi connectivity index (χ3v) is 2.13. The lowest BCUT2D eigenvalue weighted by atomic mass is 10.3. The number of hydrogen-bond acceptors (Lipinski definition) is 9. The molecule has 0 aromatic carbocycles. The Morgan fingerprint density at radius 2 is 0.912 bits per heavy atom. The van der Waals surface area contributed by atoms with E-state index in [1.807, 2.05) is 6.92 Å². The van der Waals surface area contributed by atoms with Crippen molar-refractivity contribution in [2.75, 3.05) is 66.1 Å². The second kappa shape index (κ2) is 32.2. The van der Waals surface area contributed by atoms with Crippen molar-refractivity contribution >= 4 is 0 Å². The minimum atomic E-state index is -5.94. The fourth-order valence-corrected chi connectivity index (χ4v) is 0.795. The molecule has 0 saturated carbocycles. The van der Waals surface area contributed by atoms with Crippen LogP contribution in [0, 0.1) is 0 Å². The molecule has 0 aromatic rings.